The van der Waals surface area contributed by atoms with E-state index < -0.39 is 0 Å². The van der Waals surface area contributed by atoms with Gasteiger partial charge < -0.3 is 28.4 Å². The predicted molar refractivity (Wildman–Crippen MR) is 163 cm³/mol. The summed E-state index contributed by atoms with van der Waals surface area (Å²) >= 11 is 0. The number of pyridine rings is 2. The molecule has 6 aromatic rings. The molecule has 0 N–H and O–H groups in total. The first-order valence-electron chi connectivity index (χ1n) is 14.0. The molecular formula is C33H30N6O2. The minimum Gasteiger partial charge on any atom is -0.452 e. The molecule has 41 heavy (non-hydrogen) atoms. The molecule has 2 aliphatic rings. The molecule has 0 fully saturated rings. The summed E-state index contributed by atoms with van der Waals surface area (Å²) in [5.41, 5.74) is 7.96. The highest BCUT2D eigenvalue weighted by molar-refractivity contribution is 6.10. The van der Waals surface area contributed by atoms with Crippen molar-refractivity contribution in [2.24, 2.45) is 0 Å². The highest BCUT2D eigenvalue weighted by Gasteiger charge is 2.32. The van der Waals surface area contributed by atoms with E-state index in [2.05, 4.69) is 106 Å². The molecule has 204 valence electrons. The minimum absolute atomic E-state index is 0.105. The van der Waals surface area contributed by atoms with E-state index in [1.165, 1.54) is 11.1 Å². The molecular weight excluding hydrogens is 512 g/mol. The SMILES string of the molecule is Cc1ccc2c(oc3cnccc32)c1N1C=CN(CN2C=CN(c3c(C)ccc4c3oc3cnccc34)[C@H]2C)[C@H]1C. The number of aromatic nitrogens is 2. The number of aryl methyl sites for hydroxylation is 2. The Morgan fingerprint density at radius 3 is 1.54 bits per heavy atom. The van der Waals surface area contributed by atoms with E-state index in [1.807, 2.05) is 24.5 Å². The number of nitrogens with zero attached hydrogens (tertiary/aromatic N) is 6. The van der Waals surface area contributed by atoms with E-state index in [-0.39, 0.29) is 12.3 Å². The Kier molecular flexibility index (Phi) is 5.10. The molecule has 8 rings (SSSR count). The van der Waals surface area contributed by atoms with Gasteiger partial charge in [0.2, 0.25) is 0 Å². The molecule has 0 saturated carbocycles. The summed E-state index contributed by atoms with van der Waals surface area (Å²) in [5, 5.41) is 4.40. The summed E-state index contributed by atoms with van der Waals surface area (Å²) in [7, 11) is 0. The van der Waals surface area contributed by atoms with Crippen molar-refractivity contribution in [3.8, 4) is 0 Å². The number of rotatable bonds is 4. The normalized spacial score (nSPS) is 18.9. The first-order valence-corrected chi connectivity index (χ1v) is 14.0. The maximum Gasteiger partial charge on any atom is 0.159 e. The van der Waals surface area contributed by atoms with Crippen LogP contribution in [-0.4, -0.2) is 38.8 Å². The second-order valence-electron chi connectivity index (χ2n) is 11.0. The molecule has 8 nitrogen and oxygen atoms in total. The Morgan fingerprint density at radius 1 is 0.610 bits per heavy atom. The van der Waals surface area contributed by atoms with Gasteiger partial charge >= 0.3 is 0 Å². The van der Waals surface area contributed by atoms with Crippen molar-refractivity contribution in [2.75, 3.05) is 16.5 Å². The third-order valence-electron chi connectivity index (χ3n) is 8.69. The van der Waals surface area contributed by atoms with Crippen LogP contribution in [-0.2, 0) is 0 Å². The second-order valence-corrected chi connectivity index (χ2v) is 11.0. The molecule has 2 atom stereocenters. The van der Waals surface area contributed by atoms with Crippen LogP contribution >= 0.6 is 0 Å². The van der Waals surface area contributed by atoms with Crippen molar-refractivity contribution in [3.05, 3.63) is 97.1 Å². The van der Waals surface area contributed by atoms with E-state index in [9.17, 15) is 0 Å². The quantitative estimate of drug-likeness (QED) is 0.228. The fraction of sp³-hybridized carbons (Fsp3) is 0.212. The number of furan rings is 2. The summed E-state index contributed by atoms with van der Waals surface area (Å²) in [4.78, 5) is 17.8. The number of anilines is 2. The topological polar surface area (TPSA) is 65.0 Å². The van der Waals surface area contributed by atoms with Crippen LogP contribution in [0, 0.1) is 13.8 Å². The van der Waals surface area contributed by atoms with Crippen LogP contribution in [0.5, 0.6) is 0 Å². The minimum atomic E-state index is 0.105. The second kappa shape index (κ2) is 8.76. The third-order valence-corrected chi connectivity index (χ3v) is 8.69. The van der Waals surface area contributed by atoms with Crippen molar-refractivity contribution < 1.29 is 8.83 Å². The monoisotopic (exact) mass is 542 g/mol. The molecule has 0 unspecified atom stereocenters. The van der Waals surface area contributed by atoms with Crippen LogP contribution < -0.4 is 9.80 Å². The Hall–Kier alpha value is -4.98. The third kappa shape index (κ3) is 3.46. The van der Waals surface area contributed by atoms with E-state index in [0.717, 1.165) is 61.9 Å². The maximum absolute atomic E-state index is 6.34. The average Bonchev–Trinajstić information content (AvgIpc) is 3.73. The summed E-state index contributed by atoms with van der Waals surface area (Å²) < 4.78 is 12.7. The molecule has 4 aromatic heterocycles. The van der Waals surface area contributed by atoms with Crippen LogP contribution in [0.1, 0.15) is 25.0 Å². The molecule has 0 radical (unpaired) electrons. The zero-order valence-corrected chi connectivity index (χ0v) is 23.4. The van der Waals surface area contributed by atoms with Crippen molar-refractivity contribution in [2.45, 2.75) is 40.0 Å². The van der Waals surface area contributed by atoms with Gasteiger partial charge in [0.1, 0.15) is 12.3 Å². The lowest BCUT2D eigenvalue weighted by atomic mass is 10.1. The molecule has 2 aliphatic heterocycles. The molecule has 8 heteroatoms. The number of hydrogen-bond donors (Lipinski definition) is 0. The van der Waals surface area contributed by atoms with Crippen LogP contribution in [0.15, 0.2) is 94.8 Å². The zero-order valence-electron chi connectivity index (χ0n) is 23.4. The molecule has 0 spiro atoms. The lowest BCUT2D eigenvalue weighted by Crippen LogP contribution is -2.45. The number of hydrogen-bond acceptors (Lipinski definition) is 8. The smallest absolute Gasteiger partial charge is 0.159 e. The number of fused-ring (bicyclic) bond motifs is 6. The van der Waals surface area contributed by atoms with Gasteiger partial charge in [-0.15, -0.1) is 0 Å². The van der Waals surface area contributed by atoms with Crippen LogP contribution in [0.2, 0.25) is 0 Å². The Bertz CT molecular complexity index is 1890. The van der Waals surface area contributed by atoms with E-state index >= 15 is 0 Å². The highest BCUT2D eigenvalue weighted by Crippen LogP contribution is 2.41. The maximum atomic E-state index is 6.34. The van der Waals surface area contributed by atoms with Gasteiger partial charge in [0.15, 0.2) is 22.3 Å². The predicted octanol–water partition coefficient (Wildman–Crippen LogP) is 7.43. The summed E-state index contributed by atoms with van der Waals surface area (Å²) in [6.45, 7) is 9.49. The van der Waals surface area contributed by atoms with E-state index in [0.29, 0.717) is 0 Å². The van der Waals surface area contributed by atoms with Gasteiger partial charge in [-0.1, -0.05) is 24.3 Å². The van der Waals surface area contributed by atoms with Gasteiger partial charge in [0.05, 0.1) is 30.4 Å². The molecule has 6 heterocycles. The lowest BCUT2D eigenvalue weighted by molar-refractivity contribution is 0.176. The Balaban J connectivity index is 1.08. The Labute approximate surface area is 237 Å². The van der Waals surface area contributed by atoms with Gasteiger partial charge in [-0.3, -0.25) is 9.97 Å². The largest absolute Gasteiger partial charge is 0.452 e. The van der Waals surface area contributed by atoms with Crippen LogP contribution in [0.3, 0.4) is 0 Å². The summed E-state index contributed by atoms with van der Waals surface area (Å²) in [5.74, 6) is 0. The first-order chi connectivity index (χ1) is 20.0. The zero-order chi connectivity index (χ0) is 27.8. The van der Waals surface area contributed by atoms with Gasteiger partial charge in [-0.2, -0.15) is 0 Å². The molecule has 0 aliphatic carbocycles. The average molecular weight is 543 g/mol. The van der Waals surface area contributed by atoms with E-state index in [4.69, 9.17) is 8.83 Å². The standard InChI is InChI=1S/C33H30N6O2/c1-20-5-7-26-24-9-11-34-17-28(24)40-32(26)30(20)38-15-13-36(22(38)3)19-37-14-16-39(23(37)4)31-21(2)6-8-27-25-10-12-35-18-29(25)41-33(27)31/h5-18,22-23H,19H2,1-4H3/t22-,23+. The van der Waals surface area contributed by atoms with Crippen LogP contribution in [0.25, 0.3) is 43.9 Å². The van der Waals surface area contributed by atoms with Gasteiger partial charge in [-0.05, 0) is 51.0 Å². The molecule has 0 saturated heterocycles. The summed E-state index contributed by atoms with van der Waals surface area (Å²) in [6.07, 6.45) is 16.1. The van der Waals surface area contributed by atoms with Crippen molar-refractivity contribution >= 4 is 55.3 Å². The molecule has 0 amide bonds. The fourth-order valence-electron chi connectivity index (χ4n) is 6.37. The van der Waals surface area contributed by atoms with Gasteiger partial charge in [-0.25, -0.2) is 0 Å². The van der Waals surface area contributed by atoms with Crippen molar-refractivity contribution in [1.29, 1.82) is 0 Å². The molecule has 2 aromatic carbocycles. The van der Waals surface area contributed by atoms with Crippen molar-refractivity contribution in [1.82, 2.24) is 19.8 Å². The Morgan fingerprint density at radius 2 is 1.07 bits per heavy atom. The van der Waals surface area contributed by atoms with Gasteiger partial charge in [0.25, 0.3) is 0 Å². The highest BCUT2D eigenvalue weighted by atomic mass is 16.3. The van der Waals surface area contributed by atoms with E-state index in [1.54, 1.807) is 12.4 Å². The van der Waals surface area contributed by atoms with Crippen LogP contribution in [0.4, 0.5) is 11.4 Å². The molecule has 0 bridgehead atoms. The first kappa shape index (κ1) is 23.9. The number of benzene rings is 2. The van der Waals surface area contributed by atoms with Crippen molar-refractivity contribution in [3.63, 3.8) is 0 Å². The summed E-state index contributed by atoms with van der Waals surface area (Å²) in [6, 6.07) is 12.7. The van der Waals surface area contributed by atoms with Gasteiger partial charge in [0, 0.05) is 58.7 Å². The fourth-order valence-corrected chi connectivity index (χ4v) is 6.37. The lowest BCUT2D eigenvalue weighted by Gasteiger charge is -2.36.